The number of aromatic nitrogens is 3. The van der Waals surface area contributed by atoms with Crippen molar-refractivity contribution in [2.75, 3.05) is 19.0 Å². The van der Waals surface area contributed by atoms with Gasteiger partial charge in [0.05, 0.1) is 18.4 Å². The van der Waals surface area contributed by atoms with Gasteiger partial charge in [0.15, 0.2) is 11.0 Å². The standard InChI is InChI=1S/C23H28N4O2S/c1-5-18-9-11-20(12-10-18)24-22(28)17(3)30-23-26-25-21(27(23)13-14-29-4)19-8-6-7-16(2)15-19/h6-12,15,17H,5,13-14H2,1-4H3,(H,24,28)/t17-/m0/s1. The van der Waals surface area contributed by atoms with Crippen LogP contribution in [0.3, 0.4) is 0 Å². The Balaban J connectivity index is 1.76. The number of carbonyl (C=O) groups is 1. The summed E-state index contributed by atoms with van der Waals surface area (Å²) in [6.07, 6.45) is 0.973. The fourth-order valence-electron chi connectivity index (χ4n) is 3.04. The number of aryl methyl sites for hydroxylation is 2. The molecule has 0 saturated heterocycles. The first-order valence-corrected chi connectivity index (χ1v) is 11.0. The number of amides is 1. The Morgan fingerprint density at radius 1 is 1.20 bits per heavy atom. The summed E-state index contributed by atoms with van der Waals surface area (Å²) in [5, 5.41) is 12.1. The quantitative estimate of drug-likeness (QED) is 0.509. The van der Waals surface area contributed by atoms with Crippen molar-refractivity contribution >= 4 is 23.4 Å². The van der Waals surface area contributed by atoms with Gasteiger partial charge in [0.25, 0.3) is 0 Å². The van der Waals surface area contributed by atoms with Gasteiger partial charge in [-0.3, -0.25) is 9.36 Å². The summed E-state index contributed by atoms with van der Waals surface area (Å²) in [6, 6.07) is 16.1. The number of methoxy groups -OCH3 is 1. The number of nitrogens with zero attached hydrogens (tertiary/aromatic N) is 3. The highest BCUT2D eigenvalue weighted by Crippen LogP contribution is 2.28. The second-order valence-corrected chi connectivity index (χ2v) is 8.43. The van der Waals surface area contributed by atoms with Gasteiger partial charge < -0.3 is 10.1 Å². The largest absolute Gasteiger partial charge is 0.383 e. The van der Waals surface area contributed by atoms with Gasteiger partial charge in [-0.2, -0.15) is 0 Å². The van der Waals surface area contributed by atoms with E-state index in [9.17, 15) is 4.79 Å². The lowest BCUT2D eigenvalue weighted by Gasteiger charge is -2.14. The lowest BCUT2D eigenvalue weighted by atomic mass is 10.1. The molecule has 0 aliphatic rings. The van der Waals surface area contributed by atoms with Crippen LogP contribution in [0.15, 0.2) is 53.7 Å². The number of benzene rings is 2. The van der Waals surface area contributed by atoms with E-state index in [1.807, 2.05) is 47.9 Å². The van der Waals surface area contributed by atoms with Crippen LogP contribution >= 0.6 is 11.8 Å². The number of rotatable bonds is 9. The normalized spacial score (nSPS) is 12.0. The van der Waals surface area contributed by atoms with E-state index >= 15 is 0 Å². The molecule has 0 radical (unpaired) electrons. The predicted octanol–water partition coefficient (Wildman–Crippen LogP) is 4.58. The van der Waals surface area contributed by atoms with Crippen LogP contribution in [0.1, 0.15) is 25.0 Å². The minimum Gasteiger partial charge on any atom is -0.383 e. The molecule has 0 aliphatic heterocycles. The maximum atomic E-state index is 12.7. The Labute approximate surface area is 182 Å². The molecule has 7 heteroatoms. The topological polar surface area (TPSA) is 69.0 Å². The molecule has 0 saturated carbocycles. The summed E-state index contributed by atoms with van der Waals surface area (Å²) in [6.45, 7) is 7.18. The summed E-state index contributed by atoms with van der Waals surface area (Å²) in [5.41, 5.74) is 4.19. The molecule has 3 aromatic rings. The third-order valence-corrected chi connectivity index (χ3v) is 5.87. The van der Waals surface area contributed by atoms with E-state index in [-0.39, 0.29) is 11.2 Å². The zero-order valence-electron chi connectivity index (χ0n) is 17.9. The molecule has 1 aromatic heterocycles. The van der Waals surface area contributed by atoms with Crippen molar-refractivity contribution in [3.63, 3.8) is 0 Å². The van der Waals surface area contributed by atoms with Crippen LogP contribution in [-0.2, 0) is 22.5 Å². The molecule has 0 spiro atoms. The molecule has 0 unspecified atom stereocenters. The summed E-state index contributed by atoms with van der Waals surface area (Å²) in [4.78, 5) is 12.7. The third-order valence-electron chi connectivity index (χ3n) is 4.79. The Kier molecular flexibility index (Phi) is 7.65. The van der Waals surface area contributed by atoms with Crippen molar-refractivity contribution in [3.05, 3.63) is 59.7 Å². The maximum absolute atomic E-state index is 12.7. The molecule has 0 fully saturated rings. The summed E-state index contributed by atoms with van der Waals surface area (Å²) in [7, 11) is 1.67. The maximum Gasteiger partial charge on any atom is 0.237 e. The summed E-state index contributed by atoms with van der Waals surface area (Å²) < 4.78 is 7.29. The number of thioether (sulfide) groups is 1. The Bertz CT molecular complexity index is 985. The van der Waals surface area contributed by atoms with E-state index in [4.69, 9.17) is 4.74 Å². The van der Waals surface area contributed by atoms with E-state index in [0.717, 1.165) is 29.1 Å². The average molecular weight is 425 g/mol. The minimum absolute atomic E-state index is 0.0670. The fourth-order valence-corrected chi connectivity index (χ4v) is 3.91. The average Bonchev–Trinajstić information content (AvgIpc) is 3.15. The lowest BCUT2D eigenvalue weighted by molar-refractivity contribution is -0.115. The molecule has 0 aliphatic carbocycles. The first-order valence-electron chi connectivity index (χ1n) is 10.1. The smallest absolute Gasteiger partial charge is 0.237 e. The zero-order chi connectivity index (χ0) is 21.5. The van der Waals surface area contributed by atoms with Gasteiger partial charge in [0.1, 0.15) is 0 Å². The van der Waals surface area contributed by atoms with Crippen LogP contribution in [0.2, 0.25) is 0 Å². The molecule has 1 amide bonds. The number of hydrogen-bond acceptors (Lipinski definition) is 5. The highest BCUT2D eigenvalue weighted by atomic mass is 32.2. The molecule has 0 bridgehead atoms. The minimum atomic E-state index is -0.327. The third kappa shape index (κ3) is 5.49. The van der Waals surface area contributed by atoms with Crippen molar-refractivity contribution in [3.8, 4) is 11.4 Å². The van der Waals surface area contributed by atoms with Gasteiger partial charge in [-0.15, -0.1) is 10.2 Å². The van der Waals surface area contributed by atoms with E-state index in [1.54, 1.807) is 7.11 Å². The van der Waals surface area contributed by atoms with Gasteiger partial charge >= 0.3 is 0 Å². The highest BCUT2D eigenvalue weighted by Gasteiger charge is 2.21. The van der Waals surface area contributed by atoms with Crippen molar-refractivity contribution < 1.29 is 9.53 Å². The SMILES string of the molecule is CCc1ccc(NC(=O)[C@H](C)Sc2nnc(-c3cccc(C)c3)n2CCOC)cc1. The van der Waals surface area contributed by atoms with E-state index < -0.39 is 0 Å². The number of anilines is 1. The van der Waals surface area contributed by atoms with Gasteiger partial charge in [-0.05, 0) is 44.0 Å². The number of ether oxygens (including phenoxy) is 1. The molecule has 30 heavy (non-hydrogen) atoms. The first-order chi connectivity index (χ1) is 14.5. The molecule has 1 atom stereocenters. The van der Waals surface area contributed by atoms with Gasteiger partial charge in [0.2, 0.25) is 5.91 Å². The second kappa shape index (κ2) is 10.4. The van der Waals surface area contributed by atoms with E-state index in [0.29, 0.717) is 18.3 Å². The Morgan fingerprint density at radius 3 is 2.63 bits per heavy atom. The molecule has 158 valence electrons. The second-order valence-electron chi connectivity index (χ2n) is 7.12. The molecule has 2 aromatic carbocycles. The molecular weight excluding hydrogens is 396 g/mol. The first kappa shape index (κ1) is 22.1. The Hall–Kier alpha value is -2.64. The van der Waals surface area contributed by atoms with Crippen LogP contribution in [-0.4, -0.2) is 39.6 Å². The monoisotopic (exact) mass is 424 g/mol. The predicted molar refractivity (Wildman–Crippen MR) is 122 cm³/mol. The molecular formula is C23H28N4O2S. The summed E-state index contributed by atoms with van der Waals surface area (Å²) in [5.74, 6) is 0.712. The van der Waals surface area contributed by atoms with Crippen LogP contribution in [0, 0.1) is 6.92 Å². The fraction of sp³-hybridized carbons (Fsp3) is 0.348. The van der Waals surface area contributed by atoms with Crippen molar-refractivity contribution in [2.24, 2.45) is 0 Å². The number of nitrogens with one attached hydrogen (secondary N) is 1. The van der Waals surface area contributed by atoms with Crippen LogP contribution in [0.4, 0.5) is 5.69 Å². The van der Waals surface area contributed by atoms with Crippen molar-refractivity contribution in [1.29, 1.82) is 0 Å². The number of hydrogen-bond donors (Lipinski definition) is 1. The molecule has 1 N–H and O–H groups in total. The molecule has 3 rings (SSSR count). The summed E-state index contributed by atoms with van der Waals surface area (Å²) >= 11 is 1.40. The van der Waals surface area contributed by atoms with Crippen molar-refractivity contribution in [2.45, 2.75) is 44.1 Å². The van der Waals surface area contributed by atoms with Crippen LogP contribution in [0.25, 0.3) is 11.4 Å². The van der Waals surface area contributed by atoms with Crippen molar-refractivity contribution in [1.82, 2.24) is 14.8 Å². The van der Waals surface area contributed by atoms with Crippen LogP contribution in [0.5, 0.6) is 0 Å². The van der Waals surface area contributed by atoms with Gasteiger partial charge in [-0.25, -0.2) is 0 Å². The molecule has 1 heterocycles. The van der Waals surface area contributed by atoms with E-state index in [2.05, 4.69) is 41.5 Å². The van der Waals surface area contributed by atoms with Gasteiger partial charge in [-0.1, -0.05) is 54.6 Å². The lowest BCUT2D eigenvalue weighted by Crippen LogP contribution is -2.23. The zero-order valence-corrected chi connectivity index (χ0v) is 18.7. The van der Waals surface area contributed by atoms with Gasteiger partial charge in [0, 0.05) is 18.4 Å². The Morgan fingerprint density at radius 2 is 1.97 bits per heavy atom. The molecule has 6 nitrogen and oxygen atoms in total. The van der Waals surface area contributed by atoms with E-state index in [1.165, 1.54) is 17.3 Å². The van der Waals surface area contributed by atoms with Crippen LogP contribution < -0.4 is 5.32 Å². The number of carbonyl (C=O) groups excluding carboxylic acids is 1. The highest BCUT2D eigenvalue weighted by molar-refractivity contribution is 8.00.